The van der Waals surface area contributed by atoms with E-state index in [-0.39, 0.29) is 24.0 Å². The fourth-order valence-corrected chi connectivity index (χ4v) is 4.70. The van der Waals surface area contributed by atoms with Gasteiger partial charge in [0.15, 0.2) is 0 Å². The van der Waals surface area contributed by atoms with Crippen molar-refractivity contribution in [3.8, 4) is 0 Å². The summed E-state index contributed by atoms with van der Waals surface area (Å²) in [4.78, 5) is 26.8. The van der Waals surface area contributed by atoms with Crippen LogP contribution >= 0.6 is 0 Å². The summed E-state index contributed by atoms with van der Waals surface area (Å²) in [7, 11) is -3.43. The average molecular weight is 430 g/mol. The molecular formula is C22H27N3O4S. The van der Waals surface area contributed by atoms with Gasteiger partial charge in [0.25, 0.3) is 0 Å². The minimum atomic E-state index is -3.43. The number of rotatable bonds is 8. The third kappa shape index (κ3) is 5.38. The van der Waals surface area contributed by atoms with Crippen molar-refractivity contribution in [3.63, 3.8) is 0 Å². The summed E-state index contributed by atoms with van der Waals surface area (Å²) in [5, 5.41) is 2.86. The Morgan fingerprint density at radius 2 is 1.80 bits per heavy atom. The summed E-state index contributed by atoms with van der Waals surface area (Å²) in [5.74, 6) is -0.696. The highest BCUT2D eigenvalue weighted by atomic mass is 32.2. The van der Waals surface area contributed by atoms with Crippen LogP contribution in [0.5, 0.6) is 0 Å². The molecule has 1 fully saturated rings. The number of amides is 2. The fraction of sp³-hybridized carbons (Fsp3) is 0.364. The molecule has 1 aliphatic heterocycles. The van der Waals surface area contributed by atoms with Gasteiger partial charge < -0.3 is 10.2 Å². The molecule has 0 bridgehead atoms. The van der Waals surface area contributed by atoms with E-state index in [1.807, 2.05) is 30.3 Å². The SMILES string of the molecule is CCCS(=O)(=O)Nc1cccc(NC(=O)[C@H]2CC(=O)N(Cc3ccccc3)C2)c1C. The highest BCUT2D eigenvalue weighted by molar-refractivity contribution is 7.92. The van der Waals surface area contributed by atoms with Gasteiger partial charge in [-0.25, -0.2) is 8.42 Å². The van der Waals surface area contributed by atoms with Gasteiger partial charge in [-0.2, -0.15) is 0 Å². The maximum Gasteiger partial charge on any atom is 0.232 e. The molecule has 2 amide bonds. The molecule has 1 heterocycles. The summed E-state index contributed by atoms with van der Waals surface area (Å²) in [6.45, 7) is 4.40. The molecule has 7 nitrogen and oxygen atoms in total. The number of hydrogen-bond donors (Lipinski definition) is 2. The molecular weight excluding hydrogens is 402 g/mol. The molecule has 1 atom stereocenters. The third-order valence-electron chi connectivity index (χ3n) is 5.13. The van der Waals surface area contributed by atoms with Gasteiger partial charge in [0.2, 0.25) is 21.8 Å². The van der Waals surface area contributed by atoms with Crippen LogP contribution in [0.15, 0.2) is 48.5 Å². The van der Waals surface area contributed by atoms with Crippen LogP contribution in [-0.2, 0) is 26.2 Å². The first-order valence-corrected chi connectivity index (χ1v) is 11.7. The first-order chi connectivity index (χ1) is 14.3. The Hall–Kier alpha value is -2.87. The van der Waals surface area contributed by atoms with Crippen LogP contribution in [0, 0.1) is 12.8 Å². The topological polar surface area (TPSA) is 95.6 Å². The lowest BCUT2D eigenvalue weighted by molar-refractivity contribution is -0.128. The van der Waals surface area contributed by atoms with Crippen molar-refractivity contribution in [2.75, 3.05) is 22.3 Å². The fourth-order valence-electron chi connectivity index (χ4n) is 3.51. The van der Waals surface area contributed by atoms with Crippen LogP contribution in [-0.4, -0.2) is 37.4 Å². The van der Waals surface area contributed by atoms with E-state index in [9.17, 15) is 18.0 Å². The van der Waals surface area contributed by atoms with Gasteiger partial charge in [-0.05, 0) is 36.6 Å². The summed E-state index contributed by atoms with van der Waals surface area (Å²) in [5.41, 5.74) is 2.63. The molecule has 160 valence electrons. The number of anilines is 2. The molecule has 0 saturated carbocycles. The summed E-state index contributed by atoms with van der Waals surface area (Å²) in [6.07, 6.45) is 0.681. The Bertz CT molecular complexity index is 1020. The van der Waals surface area contributed by atoms with E-state index in [1.165, 1.54) is 0 Å². The Balaban J connectivity index is 1.66. The molecule has 8 heteroatoms. The van der Waals surface area contributed by atoms with E-state index in [2.05, 4.69) is 10.0 Å². The van der Waals surface area contributed by atoms with Crippen LogP contribution in [0.2, 0.25) is 0 Å². The Morgan fingerprint density at radius 1 is 1.10 bits per heavy atom. The van der Waals surface area contributed by atoms with Gasteiger partial charge in [-0.1, -0.05) is 43.3 Å². The van der Waals surface area contributed by atoms with Gasteiger partial charge in [0, 0.05) is 25.2 Å². The number of carbonyl (C=O) groups is 2. The largest absolute Gasteiger partial charge is 0.338 e. The third-order valence-corrected chi connectivity index (χ3v) is 6.61. The van der Waals surface area contributed by atoms with E-state index in [4.69, 9.17) is 0 Å². The summed E-state index contributed by atoms with van der Waals surface area (Å²) in [6, 6.07) is 14.7. The lowest BCUT2D eigenvalue weighted by Crippen LogP contribution is -2.28. The molecule has 1 aliphatic rings. The predicted octanol–water partition coefficient (Wildman–Crippen LogP) is 3.13. The Labute approximate surface area is 177 Å². The van der Waals surface area contributed by atoms with E-state index in [0.29, 0.717) is 36.4 Å². The lowest BCUT2D eigenvalue weighted by atomic mass is 10.1. The monoisotopic (exact) mass is 429 g/mol. The zero-order valence-corrected chi connectivity index (χ0v) is 18.0. The van der Waals surface area contributed by atoms with Gasteiger partial charge in [-0.15, -0.1) is 0 Å². The standard InChI is InChI=1S/C22H27N3O4S/c1-3-12-30(28,29)24-20-11-7-10-19(16(20)2)23-22(27)18-13-21(26)25(15-18)14-17-8-5-4-6-9-17/h4-11,18,24H,3,12-15H2,1-2H3,(H,23,27)/t18-/m0/s1. The normalized spacial score (nSPS) is 16.5. The van der Waals surface area contributed by atoms with Crippen molar-refractivity contribution in [3.05, 3.63) is 59.7 Å². The summed E-state index contributed by atoms with van der Waals surface area (Å²) >= 11 is 0. The molecule has 2 N–H and O–H groups in total. The number of hydrogen-bond acceptors (Lipinski definition) is 4. The molecule has 30 heavy (non-hydrogen) atoms. The van der Waals surface area contributed by atoms with Crippen molar-refractivity contribution in [2.45, 2.75) is 33.2 Å². The highest BCUT2D eigenvalue weighted by Gasteiger charge is 2.34. The first kappa shape index (κ1) is 21.8. The Kier molecular flexibility index (Phi) is 6.77. The second-order valence-electron chi connectivity index (χ2n) is 7.55. The van der Waals surface area contributed by atoms with Crippen molar-refractivity contribution in [1.29, 1.82) is 0 Å². The number of benzene rings is 2. The zero-order valence-electron chi connectivity index (χ0n) is 17.2. The van der Waals surface area contributed by atoms with Crippen molar-refractivity contribution >= 4 is 33.2 Å². The summed E-state index contributed by atoms with van der Waals surface area (Å²) < 4.78 is 26.7. The number of likely N-dealkylation sites (tertiary alicyclic amines) is 1. The van der Waals surface area contributed by atoms with E-state index in [0.717, 1.165) is 5.56 Å². The first-order valence-electron chi connectivity index (χ1n) is 10.0. The van der Waals surface area contributed by atoms with Crippen molar-refractivity contribution < 1.29 is 18.0 Å². The minimum Gasteiger partial charge on any atom is -0.338 e. The lowest BCUT2D eigenvalue weighted by Gasteiger charge is -2.18. The van der Waals surface area contributed by atoms with Crippen LogP contribution in [0.25, 0.3) is 0 Å². The number of nitrogens with one attached hydrogen (secondary N) is 2. The molecule has 2 aromatic rings. The molecule has 0 aromatic heterocycles. The highest BCUT2D eigenvalue weighted by Crippen LogP contribution is 2.27. The zero-order chi connectivity index (χ0) is 21.7. The van der Waals surface area contributed by atoms with Crippen molar-refractivity contribution in [2.24, 2.45) is 5.92 Å². The van der Waals surface area contributed by atoms with Gasteiger partial charge in [-0.3, -0.25) is 14.3 Å². The Morgan fingerprint density at radius 3 is 2.50 bits per heavy atom. The second kappa shape index (κ2) is 9.30. The van der Waals surface area contributed by atoms with E-state index < -0.39 is 15.9 Å². The minimum absolute atomic E-state index is 0.0322. The smallest absolute Gasteiger partial charge is 0.232 e. The average Bonchev–Trinajstić information content (AvgIpc) is 3.06. The molecule has 2 aromatic carbocycles. The molecule has 0 spiro atoms. The second-order valence-corrected chi connectivity index (χ2v) is 9.39. The van der Waals surface area contributed by atoms with Crippen LogP contribution in [0.4, 0.5) is 11.4 Å². The molecule has 0 unspecified atom stereocenters. The van der Waals surface area contributed by atoms with E-state index >= 15 is 0 Å². The molecule has 0 aliphatic carbocycles. The molecule has 1 saturated heterocycles. The number of nitrogens with zero attached hydrogens (tertiary/aromatic N) is 1. The van der Waals surface area contributed by atoms with Crippen LogP contribution in [0.1, 0.15) is 30.9 Å². The van der Waals surface area contributed by atoms with E-state index in [1.54, 1.807) is 36.9 Å². The van der Waals surface area contributed by atoms with Gasteiger partial charge in [0.1, 0.15) is 0 Å². The molecule has 3 rings (SSSR count). The van der Waals surface area contributed by atoms with Crippen LogP contribution in [0.3, 0.4) is 0 Å². The predicted molar refractivity (Wildman–Crippen MR) is 117 cm³/mol. The quantitative estimate of drug-likeness (QED) is 0.674. The van der Waals surface area contributed by atoms with Gasteiger partial charge in [0.05, 0.1) is 17.4 Å². The maximum atomic E-state index is 12.8. The van der Waals surface area contributed by atoms with Crippen LogP contribution < -0.4 is 10.0 Å². The van der Waals surface area contributed by atoms with Crippen molar-refractivity contribution in [1.82, 2.24) is 4.90 Å². The number of carbonyl (C=O) groups excluding carboxylic acids is 2. The van der Waals surface area contributed by atoms with Gasteiger partial charge >= 0.3 is 0 Å². The molecule has 0 radical (unpaired) electrons. The maximum absolute atomic E-state index is 12.8. The number of sulfonamides is 1.